The maximum absolute atomic E-state index is 12.4. The van der Waals surface area contributed by atoms with Crippen molar-refractivity contribution in [2.24, 2.45) is 0 Å². The Balaban J connectivity index is 2.15. The summed E-state index contributed by atoms with van der Waals surface area (Å²) in [6.45, 7) is 9.67. The number of aryl methyl sites for hydroxylation is 1. The number of hydrogen-bond donors (Lipinski definition) is 1. The molecule has 26 heavy (non-hydrogen) atoms. The first kappa shape index (κ1) is 20.0. The number of hydrogen-bond acceptors (Lipinski definition) is 2. The largest absolute Gasteiger partial charge is 0.324 e. The second-order valence-corrected chi connectivity index (χ2v) is 7.85. The van der Waals surface area contributed by atoms with E-state index in [0.717, 1.165) is 5.56 Å². The van der Waals surface area contributed by atoms with E-state index < -0.39 is 0 Å². The van der Waals surface area contributed by atoms with Gasteiger partial charge in [-0.25, -0.2) is 0 Å². The van der Waals surface area contributed by atoms with E-state index in [-0.39, 0.29) is 23.8 Å². The molecule has 0 aliphatic carbocycles. The minimum atomic E-state index is -0.259. The molecule has 5 heteroatoms. The molecule has 4 nitrogen and oxygen atoms in total. The summed E-state index contributed by atoms with van der Waals surface area (Å²) in [4.78, 5) is 25.9. The van der Waals surface area contributed by atoms with Crippen LogP contribution in [-0.2, 0) is 15.0 Å². The van der Waals surface area contributed by atoms with E-state index in [1.165, 1.54) is 17.4 Å². The summed E-state index contributed by atoms with van der Waals surface area (Å²) in [5.41, 5.74) is 3.46. The van der Waals surface area contributed by atoms with Crippen molar-refractivity contribution in [2.75, 3.05) is 16.8 Å². The summed E-state index contributed by atoms with van der Waals surface area (Å²) < 4.78 is 0. The Hall–Kier alpha value is -2.33. The van der Waals surface area contributed by atoms with Crippen molar-refractivity contribution in [1.29, 1.82) is 0 Å². The van der Waals surface area contributed by atoms with Crippen LogP contribution in [0.2, 0.25) is 5.02 Å². The third-order valence-electron chi connectivity index (χ3n) is 4.19. The summed E-state index contributed by atoms with van der Waals surface area (Å²) in [5.74, 6) is -0.443. The first-order valence-electron chi connectivity index (χ1n) is 8.52. The van der Waals surface area contributed by atoms with Gasteiger partial charge >= 0.3 is 0 Å². The molecular formula is C21H25ClN2O2. The molecule has 2 amide bonds. The van der Waals surface area contributed by atoms with Crippen LogP contribution in [0.5, 0.6) is 0 Å². The summed E-state index contributed by atoms with van der Waals surface area (Å²) in [6.07, 6.45) is 0. The molecule has 0 atom stereocenters. The SMILES string of the molecule is CC(=O)N(CC(=O)Nc1ccc(Cl)cc1C)c1ccc(C(C)(C)C)cc1. The highest BCUT2D eigenvalue weighted by molar-refractivity contribution is 6.30. The number of halogens is 1. The number of carbonyl (C=O) groups excluding carboxylic acids is 2. The van der Waals surface area contributed by atoms with Crippen molar-refractivity contribution in [1.82, 2.24) is 0 Å². The number of nitrogens with one attached hydrogen (secondary N) is 1. The van der Waals surface area contributed by atoms with Gasteiger partial charge in [0.2, 0.25) is 11.8 Å². The molecule has 0 saturated heterocycles. The highest BCUT2D eigenvalue weighted by atomic mass is 35.5. The number of amides is 2. The van der Waals surface area contributed by atoms with Crippen LogP contribution in [0, 0.1) is 6.92 Å². The lowest BCUT2D eigenvalue weighted by Crippen LogP contribution is -2.36. The number of anilines is 2. The molecule has 0 aliphatic heterocycles. The van der Waals surface area contributed by atoms with Gasteiger partial charge in [0.1, 0.15) is 6.54 Å². The minimum absolute atomic E-state index is 0.0308. The zero-order chi connectivity index (χ0) is 19.5. The lowest BCUT2D eigenvalue weighted by molar-refractivity contribution is -0.120. The van der Waals surface area contributed by atoms with Gasteiger partial charge in [-0.2, -0.15) is 0 Å². The predicted molar refractivity (Wildman–Crippen MR) is 108 cm³/mol. The second-order valence-electron chi connectivity index (χ2n) is 7.41. The van der Waals surface area contributed by atoms with Gasteiger partial charge in [0, 0.05) is 23.3 Å². The monoisotopic (exact) mass is 372 g/mol. The lowest BCUT2D eigenvalue weighted by atomic mass is 9.87. The van der Waals surface area contributed by atoms with Crippen molar-refractivity contribution in [3.8, 4) is 0 Å². The number of nitrogens with zero attached hydrogens (tertiary/aromatic N) is 1. The Morgan fingerprint density at radius 2 is 1.69 bits per heavy atom. The Kier molecular flexibility index (Phi) is 6.09. The van der Waals surface area contributed by atoms with Gasteiger partial charge < -0.3 is 10.2 Å². The van der Waals surface area contributed by atoms with Gasteiger partial charge in [0.15, 0.2) is 0 Å². The molecule has 2 aromatic carbocycles. The topological polar surface area (TPSA) is 49.4 Å². The van der Waals surface area contributed by atoms with E-state index in [2.05, 4.69) is 26.1 Å². The van der Waals surface area contributed by atoms with Crippen LogP contribution >= 0.6 is 11.6 Å². The third-order valence-corrected chi connectivity index (χ3v) is 4.42. The molecular weight excluding hydrogens is 348 g/mol. The molecule has 0 radical (unpaired) electrons. The zero-order valence-electron chi connectivity index (χ0n) is 15.9. The summed E-state index contributed by atoms with van der Waals surface area (Å²) in [7, 11) is 0. The zero-order valence-corrected chi connectivity index (χ0v) is 16.6. The molecule has 0 aliphatic rings. The molecule has 0 fully saturated rings. The molecule has 2 aromatic rings. The van der Waals surface area contributed by atoms with Gasteiger partial charge in [-0.05, 0) is 53.8 Å². The van der Waals surface area contributed by atoms with Crippen molar-refractivity contribution in [3.63, 3.8) is 0 Å². The van der Waals surface area contributed by atoms with E-state index in [0.29, 0.717) is 16.4 Å². The van der Waals surface area contributed by atoms with Gasteiger partial charge in [0.25, 0.3) is 0 Å². The van der Waals surface area contributed by atoms with Crippen LogP contribution in [0.25, 0.3) is 0 Å². The second kappa shape index (κ2) is 7.92. The standard InChI is InChI=1S/C21H25ClN2O2/c1-14-12-17(22)8-11-19(14)23-20(26)13-24(15(2)25)18-9-6-16(7-10-18)21(3,4)5/h6-12H,13H2,1-5H3,(H,23,26). The van der Waals surface area contributed by atoms with Crippen LogP contribution < -0.4 is 10.2 Å². The highest BCUT2D eigenvalue weighted by Gasteiger charge is 2.18. The van der Waals surface area contributed by atoms with Gasteiger partial charge in [-0.15, -0.1) is 0 Å². The predicted octanol–water partition coefficient (Wildman–Crippen LogP) is 4.94. The molecule has 0 unspecified atom stereocenters. The smallest absolute Gasteiger partial charge is 0.244 e. The van der Waals surface area contributed by atoms with Crippen LogP contribution in [0.3, 0.4) is 0 Å². The quantitative estimate of drug-likeness (QED) is 0.826. The van der Waals surface area contributed by atoms with Gasteiger partial charge in [-0.1, -0.05) is 44.5 Å². The Bertz CT molecular complexity index is 808. The first-order chi connectivity index (χ1) is 12.1. The Morgan fingerprint density at radius 1 is 1.08 bits per heavy atom. The number of rotatable bonds is 4. The van der Waals surface area contributed by atoms with E-state index in [1.807, 2.05) is 31.2 Å². The third kappa shape index (κ3) is 5.09. The minimum Gasteiger partial charge on any atom is -0.324 e. The Morgan fingerprint density at radius 3 is 2.19 bits per heavy atom. The molecule has 0 aromatic heterocycles. The molecule has 2 rings (SSSR count). The number of benzene rings is 2. The highest BCUT2D eigenvalue weighted by Crippen LogP contribution is 2.25. The molecule has 138 valence electrons. The maximum atomic E-state index is 12.4. The van der Waals surface area contributed by atoms with Crippen molar-refractivity contribution < 1.29 is 9.59 Å². The molecule has 0 heterocycles. The normalized spacial score (nSPS) is 11.2. The summed E-state index contributed by atoms with van der Waals surface area (Å²) in [5, 5.41) is 3.45. The van der Waals surface area contributed by atoms with Crippen LogP contribution in [0.1, 0.15) is 38.8 Å². The van der Waals surface area contributed by atoms with E-state index >= 15 is 0 Å². The average molecular weight is 373 g/mol. The van der Waals surface area contributed by atoms with Gasteiger partial charge in [-0.3, -0.25) is 9.59 Å². The molecule has 0 spiro atoms. The fourth-order valence-electron chi connectivity index (χ4n) is 2.63. The molecule has 0 saturated carbocycles. The van der Waals surface area contributed by atoms with Crippen molar-refractivity contribution in [2.45, 2.75) is 40.0 Å². The van der Waals surface area contributed by atoms with E-state index in [4.69, 9.17) is 11.6 Å². The van der Waals surface area contributed by atoms with E-state index in [1.54, 1.807) is 18.2 Å². The average Bonchev–Trinajstić information content (AvgIpc) is 2.54. The van der Waals surface area contributed by atoms with Crippen molar-refractivity contribution >= 4 is 34.8 Å². The van der Waals surface area contributed by atoms with Crippen LogP contribution in [-0.4, -0.2) is 18.4 Å². The number of carbonyl (C=O) groups is 2. The fraction of sp³-hybridized carbons (Fsp3) is 0.333. The first-order valence-corrected chi connectivity index (χ1v) is 8.90. The fourth-order valence-corrected chi connectivity index (χ4v) is 2.85. The van der Waals surface area contributed by atoms with Gasteiger partial charge in [0.05, 0.1) is 0 Å². The van der Waals surface area contributed by atoms with E-state index in [9.17, 15) is 9.59 Å². The van der Waals surface area contributed by atoms with Crippen molar-refractivity contribution in [3.05, 3.63) is 58.6 Å². The maximum Gasteiger partial charge on any atom is 0.244 e. The molecule has 0 bridgehead atoms. The van der Waals surface area contributed by atoms with Crippen LogP contribution in [0.4, 0.5) is 11.4 Å². The lowest BCUT2D eigenvalue weighted by Gasteiger charge is -2.23. The van der Waals surface area contributed by atoms with Crippen LogP contribution in [0.15, 0.2) is 42.5 Å². The summed E-state index contributed by atoms with van der Waals surface area (Å²) >= 11 is 5.94. The summed E-state index contributed by atoms with van der Waals surface area (Å²) in [6, 6.07) is 13.0. The molecule has 1 N–H and O–H groups in total. The Labute approximate surface area is 160 Å².